The molecule has 1 aromatic rings. The Hall–Kier alpha value is -2.28. The summed E-state index contributed by atoms with van der Waals surface area (Å²) in [6.45, 7) is 5.65. The summed E-state index contributed by atoms with van der Waals surface area (Å²) in [7, 11) is 0. The van der Waals surface area contributed by atoms with Crippen molar-refractivity contribution in [3.8, 4) is 0 Å². The van der Waals surface area contributed by atoms with Crippen molar-refractivity contribution < 1.29 is 14.6 Å². The molecule has 1 atom stereocenters. The highest BCUT2D eigenvalue weighted by Crippen LogP contribution is 2.15. The Bertz CT molecular complexity index is 598. The second-order valence-corrected chi connectivity index (χ2v) is 6.26. The number of ether oxygens (including phenoxy) is 1. The molecule has 1 saturated heterocycles. The van der Waals surface area contributed by atoms with Crippen LogP contribution in [0.2, 0.25) is 0 Å². The number of aliphatic hydroxyl groups excluding tert-OH is 1. The predicted molar refractivity (Wildman–Crippen MR) is 97.4 cm³/mol. The average molecular weight is 348 g/mol. The minimum absolute atomic E-state index is 0.172. The van der Waals surface area contributed by atoms with Crippen molar-refractivity contribution in [2.75, 3.05) is 26.2 Å². The van der Waals surface area contributed by atoms with Crippen molar-refractivity contribution >= 4 is 12.1 Å². The third-order valence-electron chi connectivity index (χ3n) is 4.23. The number of hydrogen-bond acceptors (Lipinski definition) is 4. The van der Waals surface area contributed by atoms with Crippen LogP contribution >= 0.6 is 0 Å². The Labute approximate surface area is 148 Å². The van der Waals surface area contributed by atoms with Crippen LogP contribution < -0.4 is 11.1 Å². The van der Waals surface area contributed by atoms with Crippen LogP contribution in [0.1, 0.15) is 37.0 Å². The Kier molecular flexibility index (Phi) is 7.06. The Morgan fingerprint density at radius 1 is 1.48 bits per heavy atom. The lowest BCUT2D eigenvalue weighted by molar-refractivity contribution is 0.0963. The van der Waals surface area contributed by atoms with Gasteiger partial charge in [-0.25, -0.2) is 4.79 Å². The van der Waals surface area contributed by atoms with Gasteiger partial charge in [0.25, 0.3) is 0 Å². The lowest BCUT2D eigenvalue weighted by atomic mass is 10.1. The van der Waals surface area contributed by atoms with Gasteiger partial charge in [0.2, 0.25) is 0 Å². The fourth-order valence-corrected chi connectivity index (χ4v) is 2.84. The highest BCUT2D eigenvalue weighted by atomic mass is 16.6. The number of carbonyl (C=O) groups is 1. The van der Waals surface area contributed by atoms with E-state index in [1.807, 2.05) is 31.2 Å². The van der Waals surface area contributed by atoms with E-state index >= 15 is 0 Å². The highest BCUT2D eigenvalue weighted by molar-refractivity contribution is 5.78. The van der Waals surface area contributed by atoms with E-state index in [1.165, 1.54) is 0 Å². The zero-order valence-electron chi connectivity index (χ0n) is 14.9. The number of benzene rings is 1. The molecule has 1 heterocycles. The van der Waals surface area contributed by atoms with Crippen molar-refractivity contribution in [2.24, 2.45) is 10.7 Å². The first kappa shape index (κ1) is 19.1. The third-order valence-corrected chi connectivity index (χ3v) is 4.23. The first-order valence-corrected chi connectivity index (χ1v) is 8.72. The van der Waals surface area contributed by atoms with Crippen LogP contribution in [0.5, 0.6) is 0 Å². The summed E-state index contributed by atoms with van der Waals surface area (Å²) >= 11 is 0. The van der Waals surface area contributed by atoms with Gasteiger partial charge in [0, 0.05) is 19.1 Å². The predicted octanol–water partition coefficient (Wildman–Crippen LogP) is 1.55. The number of hydrogen-bond donors (Lipinski definition) is 3. The minimum Gasteiger partial charge on any atom is -0.450 e. The van der Waals surface area contributed by atoms with Crippen molar-refractivity contribution in [3.05, 3.63) is 35.4 Å². The molecule has 1 aliphatic heterocycles. The molecule has 4 N–H and O–H groups in total. The number of likely N-dealkylation sites (tertiary alicyclic amines) is 1. The first-order valence-electron chi connectivity index (χ1n) is 8.72. The van der Waals surface area contributed by atoms with E-state index in [2.05, 4.69) is 10.3 Å². The van der Waals surface area contributed by atoms with Gasteiger partial charge in [-0.1, -0.05) is 29.8 Å². The summed E-state index contributed by atoms with van der Waals surface area (Å²) in [6, 6.07) is 7.89. The zero-order valence-corrected chi connectivity index (χ0v) is 14.9. The zero-order chi connectivity index (χ0) is 18.2. The molecule has 25 heavy (non-hydrogen) atoms. The number of nitrogens with zero attached hydrogens (tertiary/aromatic N) is 2. The lowest BCUT2D eigenvalue weighted by Gasteiger charge is -2.31. The van der Waals surface area contributed by atoms with Gasteiger partial charge in [0.05, 0.1) is 19.3 Å². The maximum atomic E-state index is 11.7. The molecular formula is C18H28N4O3. The first-order chi connectivity index (χ1) is 12.0. The highest BCUT2D eigenvalue weighted by Gasteiger charge is 2.23. The summed E-state index contributed by atoms with van der Waals surface area (Å²) in [5, 5.41) is 13.4. The van der Waals surface area contributed by atoms with E-state index < -0.39 is 6.10 Å². The fraction of sp³-hybridized carbons (Fsp3) is 0.556. The van der Waals surface area contributed by atoms with E-state index in [9.17, 15) is 9.90 Å². The maximum absolute atomic E-state index is 11.7. The molecule has 7 heteroatoms. The Morgan fingerprint density at radius 3 is 2.84 bits per heavy atom. The molecule has 0 bridgehead atoms. The third kappa shape index (κ3) is 5.94. The van der Waals surface area contributed by atoms with Crippen molar-refractivity contribution in [2.45, 2.75) is 38.8 Å². The molecule has 0 aliphatic carbocycles. The molecule has 1 aromatic carbocycles. The largest absolute Gasteiger partial charge is 0.450 e. The average Bonchev–Trinajstić information content (AvgIpc) is 2.60. The molecule has 138 valence electrons. The number of aliphatic imine (C=N–C) groups is 1. The van der Waals surface area contributed by atoms with Crippen LogP contribution in [0.15, 0.2) is 29.3 Å². The van der Waals surface area contributed by atoms with Crippen LogP contribution in [0, 0.1) is 6.92 Å². The van der Waals surface area contributed by atoms with Gasteiger partial charge in [-0.15, -0.1) is 0 Å². The molecule has 1 amide bonds. The quantitative estimate of drug-likeness (QED) is 0.554. The van der Waals surface area contributed by atoms with E-state index in [0.717, 1.165) is 24.0 Å². The fourth-order valence-electron chi connectivity index (χ4n) is 2.84. The number of rotatable bonds is 5. The molecule has 1 unspecified atom stereocenters. The Balaban J connectivity index is 1.77. The molecule has 0 aromatic heterocycles. The maximum Gasteiger partial charge on any atom is 0.409 e. The standard InChI is InChI=1S/C18H28N4O3/c1-3-25-18(24)22-9-7-15(8-10-22)21-17(19)20-12-16(23)14-6-4-5-13(2)11-14/h4-6,11,15-16,23H,3,7-10,12H2,1-2H3,(H3,19,20,21). The lowest BCUT2D eigenvalue weighted by Crippen LogP contribution is -2.48. The molecule has 0 radical (unpaired) electrons. The number of piperidine rings is 1. The van der Waals surface area contributed by atoms with Crippen LogP contribution in [-0.4, -0.2) is 54.3 Å². The summed E-state index contributed by atoms with van der Waals surface area (Å²) < 4.78 is 5.00. The summed E-state index contributed by atoms with van der Waals surface area (Å²) in [5.74, 6) is 0.321. The van der Waals surface area contributed by atoms with Crippen molar-refractivity contribution in [3.63, 3.8) is 0 Å². The van der Waals surface area contributed by atoms with Gasteiger partial charge in [0.1, 0.15) is 0 Å². The van der Waals surface area contributed by atoms with Gasteiger partial charge in [-0.2, -0.15) is 0 Å². The van der Waals surface area contributed by atoms with Crippen LogP contribution in [0.4, 0.5) is 4.79 Å². The molecule has 0 saturated carbocycles. The van der Waals surface area contributed by atoms with Gasteiger partial charge in [-0.3, -0.25) is 4.99 Å². The molecule has 0 spiro atoms. The van der Waals surface area contributed by atoms with Crippen LogP contribution in [0.3, 0.4) is 0 Å². The molecule has 1 fully saturated rings. The molecule has 7 nitrogen and oxygen atoms in total. The topological polar surface area (TPSA) is 100 Å². The minimum atomic E-state index is -0.675. The van der Waals surface area contributed by atoms with E-state index in [0.29, 0.717) is 25.7 Å². The van der Waals surface area contributed by atoms with Gasteiger partial charge in [0.15, 0.2) is 5.96 Å². The molecule has 2 rings (SSSR count). The second-order valence-electron chi connectivity index (χ2n) is 6.26. The summed E-state index contributed by atoms with van der Waals surface area (Å²) in [6.07, 6.45) is 0.639. The number of nitrogens with one attached hydrogen (secondary N) is 1. The van der Waals surface area contributed by atoms with Crippen molar-refractivity contribution in [1.82, 2.24) is 10.2 Å². The van der Waals surface area contributed by atoms with Gasteiger partial charge < -0.3 is 25.8 Å². The van der Waals surface area contributed by atoms with Crippen LogP contribution in [-0.2, 0) is 4.74 Å². The van der Waals surface area contributed by atoms with E-state index in [-0.39, 0.29) is 18.7 Å². The summed E-state index contributed by atoms with van der Waals surface area (Å²) in [4.78, 5) is 17.6. The monoisotopic (exact) mass is 348 g/mol. The number of aryl methyl sites for hydroxylation is 1. The SMILES string of the molecule is CCOC(=O)N1CCC(NC(N)=NCC(O)c2cccc(C)c2)CC1. The van der Waals surface area contributed by atoms with Crippen LogP contribution in [0.25, 0.3) is 0 Å². The van der Waals surface area contributed by atoms with E-state index in [1.54, 1.807) is 11.8 Å². The number of nitrogens with two attached hydrogens (primary N) is 1. The molecule has 1 aliphatic rings. The number of amides is 1. The van der Waals surface area contributed by atoms with E-state index in [4.69, 9.17) is 10.5 Å². The van der Waals surface area contributed by atoms with Gasteiger partial charge in [-0.05, 0) is 32.3 Å². The molecular weight excluding hydrogens is 320 g/mol. The second kappa shape index (κ2) is 9.27. The van der Waals surface area contributed by atoms with Gasteiger partial charge >= 0.3 is 6.09 Å². The smallest absolute Gasteiger partial charge is 0.409 e. The number of carbonyl (C=O) groups excluding carboxylic acids is 1. The number of guanidine groups is 1. The summed E-state index contributed by atoms with van der Waals surface area (Å²) in [5.41, 5.74) is 7.86. The Morgan fingerprint density at radius 2 is 2.20 bits per heavy atom. The normalized spacial score (nSPS) is 17.2. The van der Waals surface area contributed by atoms with Crippen molar-refractivity contribution in [1.29, 1.82) is 0 Å². The number of aliphatic hydroxyl groups is 1.